The topological polar surface area (TPSA) is 65.5 Å². The fourth-order valence-corrected chi connectivity index (χ4v) is 2.78. The van der Waals surface area contributed by atoms with Gasteiger partial charge in [0, 0.05) is 17.6 Å². The molecule has 0 unspecified atom stereocenters. The van der Waals surface area contributed by atoms with E-state index in [4.69, 9.17) is 5.11 Å². The van der Waals surface area contributed by atoms with E-state index in [0.29, 0.717) is 6.54 Å². The smallest absolute Gasteiger partial charge is 0.318 e. The minimum absolute atomic E-state index is 0.0156. The summed E-state index contributed by atoms with van der Waals surface area (Å²) in [5, 5.41) is 13.0. The number of hydrogen-bond acceptors (Lipinski definition) is 4. The molecule has 0 spiro atoms. The number of rotatable bonds is 3. The van der Waals surface area contributed by atoms with Crippen LogP contribution in [0.3, 0.4) is 0 Å². The molecule has 2 N–H and O–H groups in total. The highest BCUT2D eigenvalue weighted by Gasteiger charge is 2.27. The van der Waals surface area contributed by atoms with Crippen LogP contribution in [0.2, 0.25) is 0 Å². The van der Waals surface area contributed by atoms with Crippen molar-refractivity contribution in [1.29, 1.82) is 0 Å². The van der Waals surface area contributed by atoms with Crippen molar-refractivity contribution in [1.82, 2.24) is 15.2 Å². The van der Waals surface area contributed by atoms with Crippen LogP contribution in [0.15, 0.2) is 6.20 Å². The van der Waals surface area contributed by atoms with E-state index in [0.717, 1.165) is 29.3 Å². The minimum atomic E-state index is -0.0902. The molecule has 0 bridgehead atoms. The van der Waals surface area contributed by atoms with Gasteiger partial charge in [-0.05, 0) is 19.8 Å². The third kappa shape index (κ3) is 2.95. The highest BCUT2D eigenvalue weighted by Crippen LogP contribution is 2.17. The van der Waals surface area contributed by atoms with Gasteiger partial charge in [-0.1, -0.05) is 0 Å². The third-order valence-electron chi connectivity index (χ3n) is 2.93. The summed E-state index contributed by atoms with van der Waals surface area (Å²) >= 11 is 1.59. The summed E-state index contributed by atoms with van der Waals surface area (Å²) in [6.07, 6.45) is 3.65. The summed E-state index contributed by atoms with van der Waals surface area (Å²) in [6.45, 7) is 3.24. The van der Waals surface area contributed by atoms with Gasteiger partial charge in [0.25, 0.3) is 0 Å². The fourth-order valence-electron chi connectivity index (χ4n) is 2.04. The van der Waals surface area contributed by atoms with Crippen molar-refractivity contribution in [2.45, 2.75) is 32.4 Å². The van der Waals surface area contributed by atoms with Crippen LogP contribution in [0.25, 0.3) is 0 Å². The van der Waals surface area contributed by atoms with E-state index in [-0.39, 0.29) is 18.7 Å². The molecule has 94 valence electrons. The molecular weight excluding hydrogens is 238 g/mol. The SMILES string of the molecule is Cc1ncc(CNC(=O)N2CCC[C@H]2CO)s1. The zero-order valence-electron chi connectivity index (χ0n) is 9.85. The van der Waals surface area contributed by atoms with Crippen LogP contribution in [0.5, 0.6) is 0 Å². The molecule has 1 fully saturated rings. The van der Waals surface area contributed by atoms with Gasteiger partial charge in [-0.25, -0.2) is 9.78 Å². The van der Waals surface area contributed by atoms with Gasteiger partial charge >= 0.3 is 6.03 Å². The maximum Gasteiger partial charge on any atom is 0.318 e. The van der Waals surface area contributed by atoms with Crippen molar-refractivity contribution in [3.05, 3.63) is 16.1 Å². The standard InChI is InChI=1S/C11H17N3O2S/c1-8-12-5-10(17-8)6-13-11(16)14-4-2-3-9(14)7-15/h5,9,15H,2-4,6-7H2,1H3,(H,13,16)/t9-/m0/s1. The van der Waals surface area contributed by atoms with Crippen LogP contribution < -0.4 is 5.32 Å². The number of carbonyl (C=O) groups excluding carboxylic acids is 1. The number of carbonyl (C=O) groups is 1. The summed E-state index contributed by atoms with van der Waals surface area (Å²) in [6, 6.07) is -0.106. The predicted octanol–water partition coefficient (Wildman–Crippen LogP) is 1.12. The van der Waals surface area contributed by atoms with Gasteiger partial charge in [0.05, 0.1) is 24.2 Å². The molecule has 6 heteroatoms. The first-order valence-corrected chi connectivity index (χ1v) is 6.59. The maximum absolute atomic E-state index is 11.9. The van der Waals surface area contributed by atoms with Crippen LogP contribution in [0.4, 0.5) is 4.79 Å². The molecule has 1 aromatic rings. The number of aromatic nitrogens is 1. The number of thiazole rings is 1. The van der Waals surface area contributed by atoms with Crippen LogP contribution in [-0.2, 0) is 6.54 Å². The second-order valence-electron chi connectivity index (χ2n) is 4.18. The summed E-state index contributed by atoms with van der Waals surface area (Å²) in [5.74, 6) is 0. The normalized spacial score (nSPS) is 19.6. The first-order chi connectivity index (χ1) is 8.20. The molecule has 17 heavy (non-hydrogen) atoms. The van der Waals surface area contributed by atoms with E-state index in [2.05, 4.69) is 10.3 Å². The molecule has 0 aliphatic carbocycles. The largest absolute Gasteiger partial charge is 0.394 e. The number of nitrogens with zero attached hydrogens (tertiary/aromatic N) is 2. The Bertz CT molecular complexity index is 394. The van der Waals surface area contributed by atoms with Crippen molar-refractivity contribution in [2.24, 2.45) is 0 Å². The molecule has 1 aliphatic heterocycles. The van der Waals surface area contributed by atoms with E-state index >= 15 is 0 Å². The van der Waals surface area contributed by atoms with E-state index < -0.39 is 0 Å². The number of nitrogens with one attached hydrogen (secondary N) is 1. The Kier molecular flexibility index (Phi) is 3.96. The van der Waals surface area contributed by atoms with E-state index in [9.17, 15) is 4.79 Å². The monoisotopic (exact) mass is 255 g/mol. The Morgan fingerprint density at radius 3 is 3.24 bits per heavy atom. The summed E-state index contributed by atoms with van der Waals surface area (Å²) in [4.78, 5) is 18.8. The number of hydrogen-bond donors (Lipinski definition) is 2. The third-order valence-corrected chi connectivity index (χ3v) is 3.84. The molecule has 2 amide bonds. The second-order valence-corrected chi connectivity index (χ2v) is 5.50. The van der Waals surface area contributed by atoms with Crippen molar-refractivity contribution in [2.75, 3.05) is 13.2 Å². The molecule has 1 aliphatic rings. The van der Waals surface area contributed by atoms with E-state index in [1.807, 2.05) is 6.92 Å². The number of aliphatic hydroxyl groups excluding tert-OH is 1. The second kappa shape index (κ2) is 5.46. The maximum atomic E-state index is 11.9. The Morgan fingerprint density at radius 2 is 2.59 bits per heavy atom. The van der Waals surface area contributed by atoms with E-state index in [1.165, 1.54) is 0 Å². The quantitative estimate of drug-likeness (QED) is 0.850. The van der Waals surface area contributed by atoms with Crippen LogP contribution in [-0.4, -0.2) is 40.2 Å². The molecule has 0 saturated carbocycles. The van der Waals surface area contributed by atoms with Crippen LogP contribution >= 0.6 is 11.3 Å². The van der Waals surface area contributed by atoms with Crippen molar-refractivity contribution < 1.29 is 9.90 Å². The van der Waals surface area contributed by atoms with Gasteiger partial charge in [0.2, 0.25) is 0 Å². The van der Waals surface area contributed by atoms with Gasteiger partial charge < -0.3 is 15.3 Å². The first-order valence-electron chi connectivity index (χ1n) is 5.77. The Labute approximate surface area is 104 Å². The molecule has 5 nitrogen and oxygen atoms in total. The van der Waals surface area contributed by atoms with Crippen LogP contribution in [0.1, 0.15) is 22.7 Å². The molecule has 0 radical (unpaired) electrons. The summed E-state index contributed by atoms with van der Waals surface area (Å²) < 4.78 is 0. The van der Waals surface area contributed by atoms with Gasteiger partial charge in [-0.2, -0.15) is 0 Å². The van der Waals surface area contributed by atoms with Crippen molar-refractivity contribution >= 4 is 17.4 Å². The predicted molar refractivity (Wildman–Crippen MR) is 65.9 cm³/mol. The van der Waals surface area contributed by atoms with Gasteiger partial charge in [0.1, 0.15) is 0 Å². The molecule has 1 aromatic heterocycles. The minimum Gasteiger partial charge on any atom is -0.394 e. The molecular formula is C11H17N3O2S. The van der Waals surface area contributed by atoms with Crippen molar-refractivity contribution in [3.63, 3.8) is 0 Å². The highest BCUT2D eigenvalue weighted by atomic mass is 32.1. The molecule has 2 rings (SSSR count). The zero-order valence-corrected chi connectivity index (χ0v) is 10.7. The lowest BCUT2D eigenvalue weighted by Crippen LogP contribution is -2.43. The number of aliphatic hydroxyl groups is 1. The zero-order chi connectivity index (χ0) is 12.3. The highest BCUT2D eigenvalue weighted by molar-refractivity contribution is 7.11. The lowest BCUT2D eigenvalue weighted by atomic mass is 10.2. The number of aryl methyl sites for hydroxylation is 1. The van der Waals surface area contributed by atoms with Gasteiger partial charge in [-0.3, -0.25) is 0 Å². The number of amides is 2. The lowest BCUT2D eigenvalue weighted by molar-refractivity contribution is 0.157. The Balaban J connectivity index is 1.84. The van der Waals surface area contributed by atoms with Crippen molar-refractivity contribution in [3.8, 4) is 0 Å². The average Bonchev–Trinajstić information content (AvgIpc) is 2.94. The molecule has 1 saturated heterocycles. The Hall–Kier alpha value is -1.14. The van der Waals surface area contributed by atoms with Gasteiger partial charge in [-0.15, -0.1) is 11.3 Å². The average molecular weight is 255 g/mol. The van der Waals surface area contributed by atoms with E-state index in [1.54, 1.807) is 22.4 Å². The lowest BCUT2D eigenvalue weighted by Gasteiger charge is -2.23. The van der Waals surface area contributed by atoms with Crippen LogP contribution in [0, 0.1) is 6.92 Å². The summed E-state index contributed by atoms with van der Waals surface area (Å²) in [7, 11) is 0. The molecule has 2 heterocycles. The number of urea groups is 1. The molecule has 1 atom stereocenters. The number of likely N-dealkylation sites (tertiary alicyclic amines) is 1. The first kappa shape index (κ1) is 12.3. The Morgan fingerprint density at radius 1 is 1.76 bits per heavy atom. The molecule has 0 aromatic carbocycles. The summed E-state index contributed by atoms with van der Waals surface area (Å²) in [5.41, 5.74) is 0. The fraction of sp³-hybridized carbons (Fsp3) is 0.636. The van der Waals surface area contributed by atoms with Gasteiger partial charge in [0.15, 0.2) is 0 Å².